The third-order valence-corrected chi connectivity index (χ3v) is 2.67. The van der Waals surface area contributed by atoms with Crippen LogP contribution in [0, 0.1) is 6.92 Å². The van der Waals surface area contributed by atoms with Gasteiger partial charge in [0, 0.05) is 0 Å². The Bertz CT molecular complexity index is 526. The van der Waals surface area contributed by atoms with Crippen molar-refractivity contribution in [3.8, 4) is 5.69 Å². The standard InChI is InChI=1S/C13H15N3O/c1-9(2)13-12(8-17)14-15-16(13)11-6-4-10(3)5-7-11/h4-9H,1-3H3. The van der Waals surface area contributed by atoms with Gasteiger partial charge in [0.2, 0.25) is 0 Å². The second-order valence-corrected chi connectivity index (χ2v) is 4.38. The molecule has 2 rings (SSSR count). The van der Waals surface area contributed by atoms with Crippen molar-refractivity contribution in [2.75, 3.05) is 0 Å². The van der Waals surface area contributed by atoms with Gasteiger partial charge in [0.15, 0.2) is 6.29 Å². The number of aldehydes is 1. The van der Waals surface area contributed by atoms with Gasteiger partial charge in [0.25, 0.3) is 0 Å². The van der Waals surface area contributed by atoms with E-state index in [1.165, 1.54) is 5.56 Å². The molecule has 17 heavy (non-hydrogen) atoms. The highest BCUT2D eigenvalue weighted by Gasteiger charge is 2.16. The van der Waals surface area contributed by atoms with E-state index in [0.717, 1.165) is 17.7 Å². The summed E-state index contributed by atoms with van der Waals surface area (Å²) < 4.78 is 1.73. The summed E-state index contributed by atoms with van der Waals surface area (Å²) in [6, 6.07) is 7.98. The van der Waals surface area contributed by atoms with E-state index in [-0.39, 0.29) is 5.92 Å². The molecule has 88 valence electrons. The van der Waals surface area contributed by atoms with Gasteiger partial charge in [0.1, 0.15) is 5.69 Å². The molecule has 0 N–H and O–H groups in total. The lowest BCUT2D eigenvalue weighted by atomic mass is 10.1. The normalized spacial score (nSPS) is 10.8. The number of hydrogen-bond donors (Lipinski definition) is 0. The molecule has 1 heterocycles. The van der Waals surface area contributed by atoms with Crippen molar-refractivity contribution < 1.29 is 4.79 Å². The first-order chi connectivity index (χ1) is 8.13. The highest BCUT2D eigenvalue weighted by atomic mass is 16.1. The minimum absolute atomic E-state index is 0.200. The van der Waals surface area contributed by atoms with E-state index in [9.17, 15) is 4.79 Å². The largest absolute Gasteiger partial charge is 0.296 e. The SMILES string of the molecule is Cc1ccc(-n2nnc(C=O)c2C(C)C)cc1. The van der Waals surface area contributed by atoms with Crippen molar-refractivity contribution in [1.29, 1.82) is 0 Å². The summed E-state index contributed by atoms with van der Waals surface area (Å²) in [5.74, 6) is 0.200. The summed E-state index contributed by atoms with van der Waals surface area (Å²) in [5.41, 5.74) is 3.39. The van der Waals surface area contributed by atoms with Crippen LogP contribution in [0.2, 0.25) is 0 Å². The number of carbonyl (C=O) groups is 1. The minimum atomic E-state index is 0.200. The molecule has 1 aromatic heterocycles. The average molecular weight is 229 g/mol. The Morgan fingerprint density at radius 1 is 1.24 bits per heavy atom. The lowest BCUT2D eigenvalue weighted by Gasteiger charge is -2.09. The Hall–Kier alpha value is -1.97. The molecule has 0 unspecified atom stereocenters. The maximum atomic E-state index is 10.9. The molecule has 0 aliphatic carbocycles. The molecule has 0 aliphatic heterocycles. The van der Waals surface area contributed by atoms with Crippen molar-refractivity contribution in [2.24, 2.45) is 0 Å². The predicted octanol–water partition coefficient (Wildman–Crippen LogP) is 2.51. The Kier molecular flexibility index (Phi) is 3.04. The van der Waals surface area contributed by atoms with E-state index < -0.39 is 0 Å². The number of carbonyl (C=O) groups excluding carboxylic acids is 1. The molecule has 0 fully saturated rings. The van der Waals surface area contributed by atoms with Crippen LogP contribution in [0.5, 0.6) is 0 Å². The van der Waals surface area contributed by atoms with E-state index in [4.69, 9.17) is 0 Å². The molecule has 1 aromatic carbocycles. The van der Waals surface area contributed by atoms with Crippen LogP contribution in [0.1, 0.15) is 41.5 Å². The summed E-state index contributed by atoms with van der Waals surface area (Å²) in [6.07, 6.45) is 0.757. The lowest BCUT2D eigenvalue weighted by molar-refractivity contribution is 0.111. The molecule has 2 aromatic rings. The number of benzene rings is 1. The monoisotopic (exact) mass is 229 g/mol. The molecule has 0 saturated carbocycles. The molecule has 0 saturated heterocycles. The summed E-state index contributed by atoms with van der Waals surface area (Å²) in [4.78, 5) is 10.9. The topological polar surface area (TPSA) is 47.8 Å². The highest BCUT2D eigenvalue weighted by molar-refractivity contribution is 5.73. The van der Waals surface area contributed by atoms with Crippen LogP contribution in [-0.2, 0) is 0 Å². The van der Waals surface area contributed by atoms with Crippen LogP contribution in [0.3, 0.4) is 0 Å². The van der Waals surface area contributed by atoms with E-state index in [1.54, 1.807) is 4.68 Å². The molecular formula is C13H15N3O. The maximum absolute atomic E-state index is 10.9. The second kappa shape index (κ2) is 4.49. The summed E-state index contributed by atoms with van der Waals surface area (Å²) >= 11 is 0. The van der Waals surface area contributed by atoms with Gasteiger partial charge in [-0.25, -0.2) is 4.68 Å². The molecule has 0 amide bonds. The highest BCUT2D eigenvalue weighted by Crippen LogP contribution is 2.20. The van der Waals surface area contributed by atoms with Gasteiger partial charge in [-0.3, -0.25) is 4.79 Å². The molecule has 4 nitrogen and oxygen atoms in total. The minimum Gasteiger partial charge on any atom is -0.296 e. The van der Waals surface area contributed by atoms with Crippen LogP contribution >= 0.6 is 0 Å². The van der Waals surface area contributed by atoms with Crippen LogP contribution in [0.15, 0.2) is 24.3 Å². The summed E-state index contributed by atoms with van der Waals surface area (Å²) in [7, 11) is 0. The molecule has 0 aliphatic rings. The molecule has 0 spiro atoms. The van der Waals surface area contributed by atoms with Crippen molar-refractivity contribution in [1.82, 2.24) is 15.0 Å². The first-order valence-electron chi connectivity index (χ1n) is 5.61. The number of nitrogens with zero attached hydrogens (tertiary/aromatic N) is 3. The van der Waals surface area contributed by atoms with Gasteiger partial charge in [-0.15, -0.1) is 5.10 Å². The van der Waals surface area contributed by atoms with Gasteiger partial charge in [-0.05, 0) is 25.0 Å². The maximum Gasteiger partial charge on any atom is 0.172 e. The zero-order valence-corrected chi connectivity index (χ0v) is 10.2. The first-order valence-corrected chi connectivity index (χ1v) is 5.61. The van der Waals surface area contributed by atoms with Gasteiger partial charge in [-0.2, -0.15) is 0 Å². The summed E-state index contributed by atoms with van der Waals surface area (Å²) in [6.45, 7) is 6.08. The van der Waals surface area contributed by atoms with Crippen molar-refractivity contribution in [3.63, 3.8) is 0 Å². The molecule has 4 heteroatoms. The van der Waals surface area contributed by atoms with E-state index in [0.29, 0.717) is 5.69 Å². The van der Waals surface area contributed by atoms with Gasteiger partial charge >= 0.3 is 0 Å². The van der Waals surface area contributed by atoms with Crippen LogP contribution in [-0.4, -0.2) is 21.3 Å². The number of hydrogen-bond acceptors (Lipinski definition) is 3. The fourth-order valence-electron chi connectivity index (χ4n) is 1.80. The number of aryl methyl sites for hydroxylation is 1. The van der Waals surface area contributed by atoms with Crippen molar-refractivity contribution in [2.45, 2.75) is 26.7 Å². The fourth-order valence-corrected chi connectivity index (χ4v) is 1.80. The molecule has 0 bridgehead atoms. The summed E-state index contributed by atoms with van der Waals surface area (Å²) in [5, 5.41) is 7.94. The zero-order chi connectivity index (χ0) is 12.4. The van der Waals surface area contributed by atoms with Gasteiger partial charge in [0.05, 0.1) is 11.4 Å². The van der Waals surface area contributed by atoms with E-state index in [1.807, 2.05) is 45.0 Å². The number of rotatable bonds is 3. The van der Waals surface area contributed by atoms with Gasteiger partial charge in [-0.1, -0.05) is 36.8 Å². The lowest BCUT2D eigenvalue weighted by Crippen LogP contribution is -2.05. The fraction of sp³-hybridized carbons (Fsp3) is 0.308. The van der Waals surface area contributed by atoms with Crippen molar-refractivity contribution in [3.05, 3.63) is 41.2 Å². The Morgan fingerprint density at radius 3 is 2.41 bits per heavy atom. The molecular weight excluding hydrogens is 214 g/mol. The molecule has 0 atom stereocenters. The van der Waals surface area contributed by atoms with E-state index >= 15 is 0 Å². The predicted molar refractivity (Wildman–Crippen MR) is 65.6 cm³/mol. The van der Waals surface area contributed by atoms with Crippen LogP contribution < -0.4 is 0 Å². The first kappa shape index (κ1) is 11.5. The van der Waals surface area contributed by atoms with Crippen molar-refractivity contribution >= 4 is 6.29 Å². The van der Waals surface area contributed by atoms with Gasteiger partial charge < -0.3 is 0 Å². The zero-order valence-electron chi connectivity index (χ0n) is 10.2. The Balaban J connectivity index is 2.55. The molecule has 0 radical (unpaired) electrons. The average Bonchev–Trinajstić information content (AvgIpc) is 2.73. The van der Waals surface area contributed by atoms with E-state index in [2.05, 4.69) is 10.3 Å². The third kappa shape index (κ3) is 2.11. The smallest absolute Gasteiger partial charge is 0.172 e. The number of aromatic nitrogens is 3. The quantitative estimate of drug-likeness (QED) is 0.760. The van der Waals surface area contributed by atoms with Crippen LogP contribution in [0.25, 0.3) is 5.69 Å². The third-order valence-electron chi connectivity index (χ3n) is 2.67. The van der Waals surface area contributed by atoms with Crippen LogP contribution in [0.4, 0.5) is 0 Å². The second-order valence-electron chi connectivity index (χ2n) is 4.38. The Morgan fingerprint density at radius 2 is 1.88 bits per heavy atom. The Labute approximate surface area is 100 Å².